The highest BCUT2D eigenvalue weighted by Gasteiger charge is 2.06. The molecule has 0 aliphatic heterocycles. The van der Waals surface area contributed by atoms with Crippen molar-refractivity contribution in [3.63, 3.8) is 0 Å². The van der Waals surface area contributed by atoms with Crippen LogP contribution >= 0.6 is 0 Å². The average Bonchev–Trinajstić information content (AvgIpc) is 2.34. The molecule has 0 N–H and O–H groups in total. The van der Waals surface area contributed by atoms with Crippen molar-refractivity contribution in [2.24, 2.45) is 0 Å². The first-order chi connectivity index (χ1) is 8.17. The molecule has 0 aromatic heterocycles. The molecule has 0 spiro atoms. The van der Waals surface area contributed by atoms with Crippen LogP contribution in [0.1, 0.15) is 25.3 Å². The van der Waals surface area contributed by atoms with Crippen LogP contribution in [0.15, 0.2) is 18.2 Å². The van der Waals surface area contributed by atoms with Crippen molar-refractivity contribution in [1.82, 2.24) is 0 Å². The quantitative estimate of drug-likeness (QED) is 0.729. The number of hydrogen-bond acceptors (Lipinski definition) is 3. The second-order valence-corrected chi connectivity index (χ2v) is 3.89. The summed E-state index contributed by atoms with van der Waals surface area (Å²) < 4.78 is 10.8. The molecule has 1 radical (unpaired) electrons. The zero-order valence-electron chi connectivity index (χ0n) is 10.5. The summed E-state index contributed by atoms with van der Waals surface area (Å²) >= 11 is 0. The van der Waals surface area contributed by atoms with Gasteiger partial charge in [0.2, 0.25) is 0 Å². The van der Waals surface area contributed by atoms with Crippen LogP contribution in [0.5, 0.6) is 11.5 Å². The third kappa shape index (κ3) is 4.47. The standard InChI is InChI=1S/C14H19O3/c1-4-9-17-13-8-7-12(6-5-11(2)15)10-14(13)16-3/h7-8,10H,1,4-6,9H2,2-3H3. The predicted molar refractivity (Wildman–Crippen MR) is 67.5 cm³/mol. The first-order valence-corrected chi connectivity index (χ1v) is 5.75. The number of hydrogen-bond donors (Lipinski definition) is 0. The fourth-order valence-electron chi connectivity index (χ4n) is 1.49. The molecule has 0 aliphatic carbocycles. The third-order valence-electron chi connectivity index (χ3n) is 2.40. The minimum absolute atomic E-state index is 0.196. The van der Waals surface area contributed by atoms with E-state index >= 15 is 0 Å². The van der Waals surface area contributed by atoms with Gasteiger partial charge in [0.15, 0.2) is 11.5 Å². The van der Waals surface area contributed by atoms with E-state index in [0.29, 0.717) is 18.8 Å². The molecule has 1 rings (SSSR count). The fourth-order valence-corrected chi connectivity index (χ4v) is 1.49. The van der Waals surface area contributed by atoms with Gasteiger partial charge in [0.1, 0.15) is 5.78 Å². The number of rotatable bonds is 7. The smallest absolute Gasteiger partial charge is 0.161 e. The molecular weight excluding hydrogens is 216 g/mol. The molecule has 17 heavy (non-hydrogen) atoms. The molecule has 0 aliphatic rings. The van der Waals surface area contributed by atoms with Crippen LogP contribution in [-0.4, -0.2) is 19.5 Å². The summed E-state index contributed by atoms with van der Waals surface area (Å²) in [6, 6.07) is 5.76. The minimum Gasteiger partial charge on any atom is -0.493 e. The van der Waals surface area contributed by atoms with Crippen molar-refractivity contribution in [3.05, 3.63) is 30.7 Å². The maximum Gasteiger partial charge on any atom is 0.161 e. The largest absolute Gasteiger partial charge is 0.493 e. The Morgan fingerprint density at radius 2 is 2.12 bits per heavy atom. The maximum absolute atomic E-state index is 10.9. The molecule has 0 heterocycles. The van der Waals surface area contributed by atoms with E-state index in [1.165, 1.54) is 0 Å². The van der Waals surface area contributed by atoms with Gasteiger partial charge in [0, 0.05) is 6.42 Å². The van der Waals surface area contributed by atoms with Gasteiger partial charge in [-0.2, -0.15) is 0 Å². The molecule has 0 saturated heterocycles. The van der Waals surface area contributed by atoms with Gasteiger partial charge in [-0.1, -0.05) is 6.07 Å². The Balaban J connectivity index is 2.73. The molecule has 0 saturated carbocycles. The summed E-state index contributed by atoms with van der Waals surface area (Å²) in [5.41, 5.74) is 1.08. The second-order valence-electron chi connectivity index (χ2n) is 3.89. The SMILES string of the molecule is [CH2]CCOc1ccc(CCC(C)=O)cc1OC. The van der Waals surface area contributed by atoms with Crippen LogP contribution < -0.4 is 9.47 Å². The van der Waals surface area contributed by atoms with Crippen LogP contribution in [0.2, 0.25) is 0 Å². The van der Waals surface area contributed by atoms with Crippen molar-refractivity contribution < 1.29 is 14.3 Å². The molecular formula is C14H19O3. The Morgan fingerprint density at radius 1 is 1.35 bits per heavy atom. The van der Waals surface area contributed by atoms with Crippen LogP contribution in [0.25, 0.3) is 0 Å². The Morgan fingerprint density at radius 3 is 2.71 bits per heavy atom. The molecule has 3 heteroatoms. The molecule has 3 nitrogen and oxygen atoms in total. The van der Waals surface area contributed by atoms with E-state index in [1.54, 1.807) is 14.0 Å². The molecule has 93 valence electrons. The van der Waals surface area contributed by atoms with Crippen LogP contribution in [0.4, 0.5) is 0 Å². The molecule has 0 fully saturated rings. The van der Waals surface area contributed by atoms with Gasteiger partial charge in [-0.3, -0.25) is 0 Å². The normalized spacial score (nSPS) is 10.1. The van der Waals surface area contributed by atoms with Gasteiger partial charge in [-0.05, 0) is 44.4 Å². The lowest BCUT2D eigenvalue weighted by molar-refractivity contribution is -0.116. The van der Waals surface area contributed by atoms with Gasteiger partial charge in [0.05, 0.1) is 13.7 Å². The topological polar surface area (TPSA) is 35.5 Å². The van der Waals surface area contributed by atoms with Gasteiger partial charge >= 0.3 is 0 Å². The number of benzene rings is 1. The van der Waals surface area contributed by atoms with E-state index in [1.807, 2.05) is 18.2 Å². The van der Waals surface area contributed by atoms with Crippen LogP contribution in [0, 0.1) is 6.92 Å². The summed E-state index contributed by atoms with van der Waals surface area (Å²) in [5.74, 6) is 1.63. The molecule has 0 bridgehead atoms. The summed E-state index contributed by atoms with van der Waals surface area (Å²) in [4.78, 5) is 10.9. The number of Topliss-reactive ketones (excluding diaryl/α,β-unsaturated/α-hetero) is 1. The first-order valence-electron chi connectivity index (χ1n) is 5.75. The van der Waals surface area contributed by atoms with E-state index in [9.17, 15) is 4.79 Å². The highest BCUT2D eigenvalue weighted by molar-refractivity contribution is 5.75. The summed E-state index contributed by atoms with van der Waals surface area (Å²) in [5, 5.41) is 0. The second kappa shape index (κ2) is 6.94. The lowest BCUT2D eigenvalue weighted by atomic mass is 10.1. The van der Waals surface area contributed by atoms with Crippen molar-refractivity contribution in [1.29, 1.82) is 0 Å². The van der Waals surface area contributed by atoms with Crippen molar-refractivity contribution in [3.8, 4) is 11.5 Å². The van der Waals surface area contributed by atoms with Crippen molar-refractivity contribution in [2.45, 2.75) is 26.2 Å². The van der Waals surface area contributed by atoms with E-state index < -0.39 is 0 Å². The van der Waals surface area contributed by atoms with Crippen LogP contribution in [-0.2, 0) is 11.2 Å². The van der Waals surface area contributed by atoms with E-state index in [2.05, 4.69) is 6.92 Å². The Hall–Kier alpha value is -1.51. The monoisotopic (exact) mass is 235 g/mol. The Kier molecular flexibility index (Phi) is 5.53. The first kappa shape index (κ1) is 13.6. The number of ether oxygens (including phenoxy) is 2. The average molecular weight is 235 g/mol. The Bertz CT molecular complexity index is 372. The number of carbonyl (C=O) groups excluding carboxylic acids is 1. The van der Waals surface area contributed by atoms with Crippen molar-refractivity contribution >= 4 is 5.78 Å². The summed E-state index contributed by atoms with van der Waals surface area (Å²) in [6.07, 6.45) is 2.01. The zero-order chi connectivity index (χ0) is 12.7. The highest BCUT2D eigenvalue weighted by atomic mass is 16.5. The molecule has 0 atom stereocenters. The lowest BCUT2D eigenvalue weighted by Gasteiger charge is -2.11. The van der Waals surface area contributed by atoms with E-state index in [4.69, 9.17) is 9.47 Å². The van der Waals surface area contributed by atoms with Gasteiger partial charge in [0.25, 0.3) is 0 Å². The summed E-state index contributed by atoms with van der Waals surface area (Å²) in [6.45, 7) is 5.89. The fraction of sp³-hybridized carbons (Fsp3) is 0.429. The van der Waals surface area contributed by atoms with Gasteiger partial charge in [-0.25, -0.2) is 0 Å². The van der Waals surface area contributed by atoms with Gasteiger partial charge < -0.3 is 14.3 Å². The zero-order valence-corrected chi connectivity index (χ0v) is 10.5. The molecule has 0 amide bonds. The van der Waals surface area contributed by atoms with Gasteiger partial charge in [-0.15, -0.1) is 0 Å². The maximum atomic E-state index is 10.9. The minimum atomic E-state index is 0.196. The number of carbonyl (C=O) groups is 1. The third-order valence-corrected chi connectivity index (χ3v) is 2.40. The van der Waals surface area contributed by atoms with Crippen LogP contribution in [0.3, 0.4) is 0 Å². The Labute approximate surface area is 103 Å². The highest BCUT2D eigenvalue weighted by Crippen LogP contribution is 2.28. The molecule has 0 unspecified atom stereocenters. The summed E-state index contributed by atoms with van der Waals surface area (Å²) in [7, 11) is 1.61. The van der Waals surface area contributed by atoms with E-state index in [-0.39, 0.29) is 5.78 Å². The molecule has 1 aromatic rings. The van der Waals surface area contributed by atoms with E-state index in [0.717, 1.165) is 24.2 Å². The number of methoxy groups -OCH3 is 1. The lowest BCUT2D eigenvalue weighted by Crippen LogP contribution is -1.99. The number of ketones is 1. The number of aryl methyl sites for hydroxylation is 1. The predicted octanol–water partition coefficient (Wildman–Crippen LogP) is 2.82. The van der Waals surface area contributed by atoms with Crippen molar-refractivity contribution in [2.75, 3.05) is 13.7 Å². The molecule has 1 aromatic carbocycles.